The summed E-state index contributed by atoms with van der Waals surface area (Å²) < 4.78 is 1.51. The molecule has 1 heterocycles. The minimum Gasteiger partial charge on any atom is -0.329 e. The van der Waals surface area contributed by atoms with Gasteiger partial charge in [-0.05, 0) is 12.8 Å². The number of halogens is 1. The maximum Gasteiger partial charge on any atom is 0.189 e. The lowest BCUT2D eigenvalue weighted by molar-refractivity contribution is 0.0896. The number of nitrogens with zero attached hydrogens (tertiary/aromatic N) is 2. The Morgan fingerprint density at radius 3 is 2.79 bits per heavy atom. The molecule has 1 aromatic heterocycles. The first-order valence-electron chi connectivity index (χ1n) is 4.53. The standard InChI is InChI=1S/C9H12ClN3O/c1-13-7(6(10)4-12-13)8(14)9(5-11)2-3-9/h4H,2-3,5,11H2,1H3. The van der Waals surface area contributed by atoms with Gasteiger partial charge < -0.3 is 5.73 Å². The summed E-state index contributed by atoms with van der Waals surface area (Å²) in [7, 11) is 1.71. The fourth-order valence-corrected chi connectivity index (χ4v) is 1.84. The smallest absolute Gasteiger partial charge is 0.189 e. The largest absolute Gasteiger partial charge is 0.329 e. The molecule has 2 rings (SSSR count). The van der Waals surface area contributed by atoms with E-state index in [4.69, 9.17) is 17.3 Å². The summed E-state index contributed by atoms with van der Waals surface area (Å²) in [5.74, 6) is 0.0324. The quantitative estimate of drug-likeness (QED) is 0.762. The second-order valence-electron chi connectivity index (χ2n) is 3.78. The zero-order valence-electron chi connectivity index (χ0n) is 7.96. The van der Waals surface area contributed by atoms with Crippen molar-refractivity contribution in [2.24, 2.45) is 18.2 Å². The Morgan fingerprint density at radius 1 is 1.79 bits per heavy atom. The van der Waals surface area contributed by atoms with Crippen LogP contribution in [0, 0.1) is 5.41 Å². The molecule has 5 heteroatoms. The number of carbonyl (C=O) groups excluding carboxylic acids is 1. The lowest BCUT2D eigenvalue weighted by atomic mass is 9.99. The highest BCUT2D eigenvalue weighted by Crippen LogP contribution is 2.47. The molecule has 0 amide bonds. The van der Waals surface area contributed by atoms with Gasteiger partial charge in [-0.15, -0.1) is 0 Å². The second-order valence-corrected chi connectivity index (χ2v) is 4.19. The number of ketones is 1. The van der Waals surface area contributed by atoms with Gasteiger partial charge in [0.25, 0.3) is 0 Å². The summed E-state index contributed by atoms with van der Waals surface area (Å²) in [5, 5.41) is 4.35. The third-order valence-corrected chi connectivity index (χ3v) is 3.11. The van der Waals surface area contributed by atoms with Gasteiger partial charge in [0.1, 0.15) is 5.69 Å². The van der Waals surface area contributed by atoms with Crippen molar-refractivity contribution in [1.29, 1.82) is 0 Å². The Balaban J connectivity index is 2.36. The van der Waals surface area contributed by atoms with Crippen molar-refractivity contribution in [3.8, 4) is 0 Å². The van der Waals surface area contributed by atoms with Gasteiger partial charge in [0.05, 0.1) is 11.2 Å². The van der Waals surface area contributed by atoms with Crippen molar-refractivity contribution in [1.82, 2.24) is 9.78 Å². The molecule has 0 spiro atoms. The predicted molar refractivity (Wildman–Crippen MR) is 53.3 cm³/mol. The van der Waals surface area contributed by atoms with Crippen LogP contribution < -0.4 is 5.73 Å². The summed E-state index contributed by atoms with van der Waals surface area (Å²) in [6.45, 7) is 0.396. The molecule has 0 aliphatic heterocycles. The summed E-state index contributed by atoms with van der Waals surface area (Å²) >= 11 is 5.89. The van der Waals surface area contributed by atoms with Crippen LogP contribution in [0.3, 0.4) is 0 Å². The molecule has 0 saturated heterocycles. The number of rotatable bonds is 3. The summed E-state index contributed by atoms with van der Waals surface area (Å²) in [6, 6.07) is 0. The minimum atomic E-state index is -0.350. The molecule has 76 valence electrons. The van der Waals surface area contributed by atoms with Crippen molar-refractivity contribution in [2.75, 3.05) is 6.54 Å². The van der Waals surface area contributed by atoms with Crippen LogP contribution in [-0.4, -0.2) is 22.1 Å². The first-order chi connectivity index (χ1) is 6.60. The average Bonchev–Trinajstić information content (AvgIpc) is 2.89. The van der Waals surface area contributed by atoms with Crippen LogP contribution >= 0.6 is 11.6 Å². The van der Waals surface area contributed by atoms with E-state index in [0.717, 1.165) is 12.8 Å². The monoisotopic (exact) mass is 213 g/mol. The van der Waals surface area contributed by atoms with E-state index < -0.39 is 0 Å². The van der Waals surface area contributed by atoms with Crippen LogP contribution in [0.15, 0.2) is 6.20 Å². The molecule has 1 aliphatic rings. The van der Waals surface area contributed by atoms with E-state index in [1.54, 1.807) is 7.05 Å². The van der Waals surface area contributed by atoms with Crippen LogP contribution in [-0.2, 0) is 7.05 Å². The van der Waals surface area contributed by atoms with Crippen molar-refractivity contribution >= 4 is 17.4 Å². The molecule has 4 nitrogen and oxygen atoms in total. The van der Waals surface area contributed by atoms with Gasteiger partial charge in [-0.2, -0.15) is 5.10 Å². The van der Waals surface area contributed by atoms with Crippen LogP contribution in [0.4, 0.5) is 0 Å². The number of carbonyl (C=O) groups is 1. The molecule has 1 fully saturated rings. The average molecular weight is 214 g/mol. The minimum absolute atomic E-state index is 0.0324. The first-order valence-corrected chi connectivity index (χ1v) is 4.91. The number of hydrogen-bond donors (Lipinski definition) is 1. The van der Waals surface area contributed by atoms with Crippen LogP contribution in [0.2, 0.25) is 5.02 Å². The topological polar surface area (TPSA) is 60.9 Å². The summed E-state index contributed by atoms with van der Waals surface area (Å²) in [4.78, 5) is 12.0. The molecule has 2 N–H and O–H groups in total. The third-order valence-electron chi connectivity index (χ3n) is 2.84. The summed E-state index contributed by atoms with van der Waals surface area (Å²) in [6.07, 6.45) is 3.22. The number of Topliss-reactive ketones (excluding diaryl/α,β-unsaturated/α-hetero) is 1. The van der Waals surface area contributed by atoms with Gasteiger partial charge in [-0.1, -0.05) is 11.6 Å². The molecule has 0 atom stereocenters. The van der Waals surface area contributed by atoms with Gasteiger partial charge in [0.2, 0.25) is 0 Å². The number of hydrogen-bond acceptors (Lipinski definition) is 3. The Labute approximate surface area is 87.0 Å². The van der Waals surface area contributed by atoms with Crippen molar-refractivity contribution in [3.05, 3.63) is 16.9 Å². The van der Waals surface area contributed by atoms with Crippen molar-refractivity contribution in [2.45, 2.75) is 12.8 Å². The van der Waals surface area contributed by atoms with Crippen LogP contribution in [0.5, 0.6) is 0 Å². The molecule has 0 unspecified atom stereocenters. The third kappa shape index (κ3) is 1.26. The van der Waals surface area contributed by atoms with Gasteiger partial charge >= 0.3 is 0 Å². The number of aryl methyl sites for hydroxylation is 1. The van der Waals surface area contributed by atoms with E-state index in [-0.39, 0.29) is 11.2 Å². The molecular weight excluding hydrogens is 202 g/mol. The SMILES string of the molecule is Cn1ncc(Cl)c1C(=O)C1(CN)CC1. The van der Waals surface area contributed by atoms with Gasteiger partial charge in [0, 0.05) is 19.0 Å². The molecule has 1 saturated carbocycles. The Bertz CT molecular complexity index is 362. The highest BCUT2D eigenvalue weighted by Gasteiger charge is 2.50. The Morgan fingerprint density at radius 2 is 2.43 bits per heavy atom. The number of aromatic nitrogens is 2. The van der Waals surface area contributed by atoms with E-state index >= 15 is 0 Å². The second kappa shape index (κ2) is 3.07. The molecule has 14 heavy (non-hydrogen) atoms. The fourth-order valence-electron chi connectivity index (χ4n) is 1.59. The maximum absolute atomic E-state index is 12.0. The lowest BCUT2D eigenvalue weighted by Crippen LogP contribution is -2.27. The Kier molecular flexibility index (Phi) is 2.12. The van der Waals surface area contributed by atoms with Gasteiger partial charge in [-0.25, -0.2) is 0 Å². The molecular formula is C9H12ClN3O. The van der Waals surface area contributed by atoms with E-state index in [1.807, 2.05) is 0 Å². The van der Waals surface area contributed by atoms with Crippen LogP contribution in [0.1, 0.15) is 23.3 Å². The summed E-state index contributed by atoms with van der Waals surface area (Å²) in [5.41, 5.74) is 5.71. The van der Waals surface area contributed by atoms with Crippen molar-refractivity contribution < 1.29 is 4.79 Å². The zero-order valence-corrected chi connectivity index (χ0v) is 8.71. The molecule has 1 aliphatic carbocycles. The van der Waals surface area contributed by atoms with E-state index in [0.29, 0.717) is 17.3 Å². The predicted octanol–water partition coefficient (Wildman–Crippen LogP) is 0.995. The van der Waals surface area contributed by atoms with E-state index in [1.165, 1.54) is 10.9 Å². The van der Waals surface area contributed by atoms with Crippen molar-refractivity contribution in [3.63, 3.8) is 0 Å². The van der Waals surface area contributed by atoms with Gasteiger partial charge in [-0.3, -0.25) is 9.48 Å². The van der Waals surface area contributed by atoms with Crippen LogP contribution in [0.25, 0.3) is 0 Å². The zero-order chi connectivity index (χ0) is 10.3. The molecule has 1 aromatic rings. The highest BCUT2D eigenvalue weighted by molar-refractivity contribution is 6.33. The molecule has 0 radical (unpaired) electrons. The van der Waals surface area contributed by atoms with Gasteiger partial charge in [0.15, 0.2) is 5.78 Å². The highest BCUT2D eigenvalue weighted by atomic mass is 35.5. The molecule has 0 aromatic carbocycles. The molecule has 0 bridgehead atoms. The lowest BCUT2D eigenvalue weighted by Gasteiger charge is -2.10. The maximum atomic E-state index is 12.0. The van der Waals surface area contributed by atoms with E-state index in [2.05, 4.69) is 5.10 Å². The normalized spacial score (nSPS) is 18.2. The Hall–Kier alpha value is -0.870. The van der Waals surface area contributed by atoms with E-state index in [9.17, 15) is 4.79 Å². The fraction of sp³-hybridized carbons (Fsp3) is 0.556. The first kappa shape index (κ1) is 9.68. The number of nitrogens with two attached hydrogens (primary N) is 1.